The Kier molecular flexibility index (Phi) is 7.76. The summed E-state index contributed by atoms with van der Waals surface area (Å²) >= 11 is 0. The lowest BCUT2D eigenvalue weighted by molar-refractivity contribution is -0.158. The minimum atomic E-state index is -5.02. The third-order valence-corrected chi connectivity index (χ3v) is 5.97. The average Bonchev–Trinajstić information content (AvgIpc) is 3.17. The van der Waals surface area contributed by atoms with E-state index in [1.165, 1.54) is 19.3 Å². The number of hydrogen-bond acceptors (Lipinski definition) is 7. The van der Waals surface area contributed by atoms with Crippen molar-refractivity contribution in [2.45, 2.75) is 45.5 Å². The van der Waals surface area contributed by atoms with Gasteiger partial charge in [0, 0.05) is 43.2 Å². The SMILES string of the molecule is Cc1c([C@@H](NC(=O)Nc2cnc(N3CCN(C(=O)OC(C)(C)C)CC3)nc2)C(F)(F)F)oc2c(F)cc(F)cc12. The van der Waals surface area contributed by atoms with Crippen molar-refractivity contribution in [2.75, 3.05) is 36.4 Å². The van der Waals surface area contributed by atoms with Crippen LogP contribution in [0.3, 0.4) is 0 Å². The Bertz CT molecular complexity index is 1400. The minimum Gasteiger partial charge on any atom is -0.455 e. The van der Waals surface area contributed by atoms with Gasteiger partial charge < -0.3 is 29.6 Å². The number of halogens is 5. The highest BCUT2D eigenvalue weighted by atomic mass is 19.4. The molecule has 0 spiro atoms. The topological polar surface area (TPSA) is 113 Å². The molecule has 0 aliphatic carbocycles. The quantitative estimate of drug-likeness (QED) is 0.410. The number of aryl methyl sites for hydroxylation is 1. The van der Waals surface area contributed by atoms with E-state index < -0.39 is 52.9 Å². The third kappa shape index (κ3) is 6.51. The number of benzene rings is 1. The number of carbonyl (C=O) groups is 2. The van der Waals surface area contributed by atoms with E-state index >= 15 is 0 Å². The first-order valence-electron chi connectivity index (χ1n) is 12.2. The lowest BCUT2D eigenvalue weighted by Gasteiger charge is -2.35. The number of ether oxygens (including phenoxy) is 1. The van der Waals surface area contributed by atoms with E-state index in [9.17, 15) is 31.5 Å². The Morgan fingerprint density at radius 3 is 2.25 bits per heavy atom. The largest absolute Gasteiger partial charge is 0.455 e. The van der Waals surface area contributed by atoms with E-state index in [4.69, 9.17) is 9.15 Å². The molecule has 1 saturated heterocycles. The molecule has 1 atom stereocenters. The molecule has 10 nitrogen and oxygen atoms in total. The van der Waals surface area contributed by atoms with Crippen LogP contribution in [0, 0.1) is 18.6 Å². The molecule has 3 amide bonds. The number of hydrogen-bond donors (Lipinski definition) is 2. The van der Waals surface area contributed by atoms with Crippen LogP contribution in [0.15, 0.2) is 28.9 Å². The lowest BCUT2D eigenvalue weighted by atomic mass is 10.1. The zero-order valence-corrected chi connectivity index (χ0v) is 22.0. The van der Waals surface area contributed by atoms with Gasteiger partial charge in [-0.3, -0.25) is 0 Å². The van der Waals surface area contributed by atoms with Crippen LogP contribution in [0.25, 0.3) is 11.0 Å². The van der Waals surface area contributed by atoms with Crippen LogP contribution in [-0.4, -0.2) is 64.9 Å². The fourth-order valence-corrected chi connectivity index (χ4v) is 4.10. The molecule has 1 fully saturated rings. The molecule has 2 aromatic heterocycles. The minimum absolute atomic E-state index is 0.00371. The van der Waals surface area contributed by atoms with Gasteiger partial charge >= 0.3 is 18.3 Å². The van der Waals surface area contributed by atoms with Gasteiger partial charge in [0.15, 0.2) is 17.4 Å². The van der Waals surface area contributed by atoms with Gasteiger partial charge in [-0.15, -0.1) is 0 Å². The maximum atomic E-state index is 14.1. The molecule has 216 valence electrons. The lowest BCUT2D eigenvalue weighted by Crippen LogP contribution is -2.50. The number of piperazine rings is 1. The molecular weight excluding hydrogens is 543 g/mol. The average molecular weight is 571 g/mol. The van der Waals surface area contributed by atoms with Gasteiger partial charge in [-0.2, -0.15) is 13.2 Å². The van der Waals surface area contributed by atoms with Crippen LogP contribution in [0.1, 0.15) is 38.1 Å². The maximum absolute atomic E-state index is 14.1. The van der Waals surface area contributed by atoms with Crippen LogP contribution in [0.2, 0.25) is 0 Å². The molecule has 1 aliphatic heterocycles. The van der Waals surface area contributed by atoms with Crippen LogP contribution in [-0.2, 0) is 4.74 Å². The smallest absolute Gasteiger partial charge is 0.416 e. The van der Waals surface area contributed by atoms with Crippen molar-refractivity contribution < 1.29 is 40.7 Å². The van der Waals surface area contributed by atoms with Gasteiger partial charge in [-0.05, 0) is 33.8 Å². The molecule has 0 bridgehead atoms. The van der Waals surface area contributed by atoms with Crippen molar-refractivity contribution in [1.82, 2.24) is 20.2 Å². The number of amides is 3. The Hall–Kier alpha value is -4.17. The molecule has 15 heteroatoms. The molecular formula is C25H27F5N6O4. The monoisotopic (exact) mass is 570 g/mol. The summed E-state index contributed by atoms with van der Waals surface area (Å²) in [5, 5.41) is 3.81. The van der Waals surface area contributed by atoms with Crippen molar-refractivity contribution in [2.24, 2.45) is 0 Å². The maximum Gasteiger partial charge on any atom is 0.416 e. The summed E-state index contributed by atoms with van der Waals surface area (Å²) in [6.45, 7) is 8.11. The van der Waals surface area contributed by atoms with Crippen molar-refractivity contribution in [3.63, 3.8) is 0 Å². The van der Waals surface area contributed by atoms with Gasteiger partial charge in [-0.25, -0.2) is 28.3 Å². The predicted octanol–water partition coefficient (Wildman–Crippen LogP) is 5.29. The first kappa shape index (κ1) is 28.8. The highest BCUT2D eigenvalue weighted by Crippen LogP contribution is 2.39. The molecule has 3 heterocycles. The molecule has 1 aromatic carbocycles. The zero-order valence-electron chi connectivity index (χ0n) is 22.0. The normalized spacial score (nSPS) is 15.2. The second-order valence-corrected chi connectivity index (χ2v) is 10.2. The fraction of sp³-hybridized carbons (Fsp3) is 0.440. The van der Waals surface area contributed by atoms with Gasteiger partial charge in [0.1, 0.15) is 17.2 Å². The number of nitrogens with zero attached hydrogens (tertiary/aromatic N) is 4. The van der Waals surface area contributed by atoms with Crippen molar-refractivity contribution in [1.29, 1.82) is 0 Å². The molecule has 4 rings (SSSR count). The Balaban J connectivity index is 1.40. The Labute approximate surface area is 225 Å². The van der Waals surface area contributed by atoms with Gasteiger partial charge in [-0.1, -0.05) is 0 Å². The van der Waals surface area contributed by atoms with Crippen LogP contribution >= 0.6 is 0 Å². The van der Waals surface area contributed by atoms with E-state index in [0.29, 0.717) is 38.2 Å². The van der Waals surface area contributed by atoms with Crippen LogP contribution in [0.4, 0.5) is 43.2 Å². The molecule has 0 unspecified atom stereocenters. The summed E-state index contributed by atoms with van der Waals surface area (Å²) in [6, 6.07) is -2.56. The number of anilines is 2. The number of fused-ring (bicyclic) bond motifs is 1. The molecule has 2 N–H and O–H groups in total. The second kappa shape index (κ2) is 10.8. The summed E-state index contributed by atoms with van der Waals surface area (Å²) < 4.78 is 79.8. The summed E-state index contributed by atoms with van der Waals surface area (Å²) in [7, 11) is 0. The molecule has 0 saturated carbocycles. The van der Waals surface area contributed by atoms with E-state index in [0.717, 1.165) is 6.07 Å². The van der Waals surface area contributed by atoms with Crippen LogP contribution in [0.5, 0.6) is 0 Å². The summed E-state index contributed by atoms with van der Waals surface area (Å²) in [5.41, 5.74) is -1.34. The Morgan fingerprint density at radius 1 is 1.05 bits per heavy atom. The van der Waals surface area contributed by atoms with Gasteiger partial charge in [0.25, 0.3) is 0 Å². The second-order valence-electron chi connectivity index (χ2n) is 10.2. The third-order valence-electron chi connectivity index (χ3n) is 5.97. The summed E-state index contributed by atoms with van der Waals surface area (Å²) in [4.78, 5) is 36.4. The standard InChI is InChI=1S/C25H27F5N6O4/c1-13-16-9-14(26)10-17(27)19(16)39-18(13)20(25(28,29)30)34-22(37)33-15-11-31-21(32-12-15)35-5-7-36(8-6-35)23(38)40-24(2,3)4/h9-12,20H,5-8H2,1-4H3,(H2,33,34,37)/t20-/m1/s1. The predicted molar refractivity (Wildman–Crippen MR) is 134 cm³/mol. The Morgan fingerprint density at radius 2 is 1.68 bits per heavy atom. The zero-order chi connectivity index (χ0) is 29.4. The van der Waals surface area contributed by atoms with Gasteiger partial charge in [0.05, 0.1) is 18.1 Å². The number of alkyl halides is 3. The van der Waals surface area contributed by atoms with Gasteiger partial charge in [0.2, 0.25) is 5.95 Å². The first-order chi connectivity index (χ1) is 18.6. The van der Waals surface area contributed by atoms with E-state index in [1.807, 2.05) is 0 Å². The number of furan rings is 1. The number of urea groups is 1. The number of nitrogens with one attached hydrogen (secondary N) is 2. The summed E-state index contributed by atoms with van der Waals surface area (Å²) in [5.74, 6) is -2.63. The molecule has 3 aromatic rings. The van der Waals surface area contributed by atoms with E-state index in [1.54, 1.807) is 35.9 Å². The molecule has 40 heavy (non-hydrogen) atoms. The van der Waals surface area contributed by atoms with Crippen molar-refractivity contribution in [3.05, 3.63) is 47.5 Å². The van der Waals surface area contributed by atoms with Crippen molar-refractivity contribution >= 4 is 34.7 Å². The molecule has 1 aliphatic rings. The highest BCUT2D eigenvalue weighted by molar-refractivity contribution is 5.89. The summed E-state index contributed by atoms with van der Waals surface area (Å²) in [6.07, 6.45) is -3.01. The van der Waals surface area contributed by atoms with E-state index in [-0.39, 0.29) is 16.6 Å². The number of aromatic nitrogens is 2. The fourth-order valence-electron chi connectivity index (χ4n) is 4.10. The van der Waals surface area contributed by atoms with Crippen molar-refractivity contribution in [3.8, 4) is 0 Å². The highest BCUT2D eigenvalue weighted by Gasteiger charge is 2.45. The first-order valence-corrected chi connectivity index (χ1v) is 12.2. The number of rotatable bonds is 4. The molecule has 0 radical (unpaired) electrons. The van der Waals surface area contributed by atoms with Crippen LogP contribution < -0.4 is 15.5 Å². The number of carbonyl (C=O) groups excluding carboxylic acids is 2. The van der Waals surface area contributed by atoms with E-state index in [2.05, 4.69) is 15.3 Å².